The molecule has 0 spiro atoms. The number of rotatable bonds is 2. The van der Waals surface area contributed by atoms with E-state index in [9.17, 15) is 5.11 Å². The molecule has 16 heavy (non-hydrogen) atoms. The largest absolute Gasteiger partial charge is 0.394 e. The second-order valence-corrected chi connectivity index (χ2v) is 5.93. The molecule has 2 bridgehead atoms. The Morgan fingerprint density at radius 2 is 2.19 bits per heavy atom. The molecule has 3 aliphatic rings. The van der Waals surface area contributed by atoms with Crippen molar-refractivity contribution in [1.29, 1.82) is 0 Å². The van der Waals surface area contributed by atoms with Gasteiger partial charge in [-0.25, -0.2) is 0 Å². The monoisotopic (exact) mass is 224 g/mol. The molecule has 1 saturated heterocycles. The molecule has 0 aromatic carbocycles. The number of fused-ring (bicyclic) bond motifs is 2. The summed E-state index contributed by atoms with van der Waals surface area (Å²) in [4.78, 5) is 2.61. The van der Waals surface area contributed by atoms with Crippen LogP contribution in [0.4, 0.5) is 0 Å². The van der Waals surface area contributed by atoms with Gasteiger partial charge in [-0.3, -0.25) is 4.90 Å². The van der Waals surface area contributed by atoms with Crippen molar-refractivity contribution >= 4 is 0 Å². The van der Waals surface area contributed by atoms with E-state index in [-0.39, 0.29) is 5.54 Å². The Balaban J connectivity index is 1.78. The van der Waals surface area contributed by atoms with E-state index < -0.39 is 0 Å². The summed E-state index contributed by atoms with van der Waals surface area (Å²) >= 11 is 0. The Labute approximate surface area is 98.2 Å². The molecule has 3 nitrogen and oxygen atoms in total. The van der Waals surface area contributed by atoms with Gasteiger partial charge < -0.3 is 10.4 Å². The fraction of sp³-hybridized carbons (Fsp3) is 1.00. The maximum Gasteiger partial charge on any atom is 0.0618 e. The molecule has 3 rings (SSSR count). The van der Waals surface area contributed by atoms with Gasteiger partial charge in [0.2, 0.25) is 0 Å². The standard InChI is InChI=1S/C13H24N2O/c16-10-13(9-11-2-3-12(13)8-11)15-6-1-4-14-5-7-15/h11-12,14,16H,1-10H2. The van der Waals surface area contributed by atoms with E-state index in [4.69, 9.17) is 0 Å². The van der Waals surface area contributed by atoms with Gasteiger partial charge in [0.25, 0.3) is 0 Å². The molecule has 3 unspecified atom stereocenters. The molecule has 0 aromatic rings. The molecule has 2 N–H and O–H groups in total. The van der Waals surface area contributed by atoms with Gasteiger partial charge in [-0.1, -0.05) is 6.42 Å². The summed E-state index contributed by atoms with van der Waals surface area (Å²) in [5.74, 6) is 1.69. The third-order valence-electron chi connectivity index (χ3n) is 5.19. The van der Waals surface area contributed by atoms with Crippen molar-refractivity contribution in [3.05, 3.63) is 0 Å². The molecule has 3 fully saturated rings. The molecule has 3 atom stereocenters. The summed E-state index contributed by atoms with van der Waals surface area (Å²) in [6.07, 6.45) is 6.64. The number of nitrogens with zero attached hydrogens (tertiary/aromatic N) is 1. The molecule has 2 aliphatic carbocycles. The van der Waals surface area contributed by atoms with Crippen LogP contribution >= 0.6 is 0 Å². The van der Waals surface area contributed by atoms with E-state index in [1.165, 1.54) is 38.6 Å². The summed E-state index contributed by atoms with van der Waals surface area (Å²) < 4.78 is 0. The van der Waals surface area contributed by atoms with Gasteiger partial charge in [-0.05, 0) is 44.1 Å². The highest BCUT2D eigenvalue weighted by molar-refractivity contribution is 5.07. The lowest BCUT2D eigenvalue weighted by Crippen LogP contribution is -2.56. The van der Waals surface area contributed by atoms with Gasteiger partial charge in [-0.2, -0.15) is 0 Å². The van der Waals surface area contributed by atoms with Gasteiger partial charge in [0.05, 0.1) is 6.61 Å². The lowest BCUT2D eigenvalue weighted by Gasteiger charge is -2.45. The number of aliphatic hydroxyl groups excluding tert-OH is 1. The van der Waals surface area contributed by atoms with Crippen molar-refractivity contribution in [2.24, 2.45) is 11.8 Å². The summed E-state index contributed by atoms with van der Waals surface area (Å²) in [5, 5.41) is 13.4. The second kappa shape index (κ2) is 4.28. The van der Waals surface area contributed by atoms with Gasteiger partial charge in [0.15, 0.2) is 0 Å². The summed E-state index contributed by atoms with van der Waals surface area (Å²) in [6.45, 7) is 4.93. The summed E-state index contributed by atoms with van der Waals surface area (Å²) in [7, 11) is 0. The van der Waals surface area contributed by atoms with E-state index in [1.807, 2.05) is 0 Å². The maximum absolute atomic E-state index is 9.92. The topological polar surface area (TPSA) is 35.5 Å². The third-order valence-corrected chi connectivity index (χ3v) is 5.19. The summed E-state index contributed by atoms with van der Waals surface area (Å²) in [6, 6.07) is 0. The Morgan fingerprint density at radius 1 is 1.25 bits per heavy atom. The normalized spacial score (nSPS) is 44.8. The highest BCUT2D eigenvalue weighted by Gasteiger charge is 2.53. The minimum atomic E-state index is 0.162. The van der Waals surface area contributed by atoms with Crippen molar-refractivity contribution in [1.82, 2.24) is 10.2 Å². The average molecular weight is 224 g/mol. The first kappa shape index (κ1) is 11.0. The van der Waals surface area contributed by atoms with Crippen LogP contribution in [0.3, 0.4) is 0 Å². The van der Waals surface area contributed by atoms with E-state index in [0.717, 1.165) is 31.5 Å². The van der Waals surface area contributed by atoms with Crippen LogP contribution in [0.5, 0.6) is 0 Å². The predicted molar refractivity (Wildman–Crippen MR) is 64.3 cm³/mol. The van der Waals surface area contributed by atoms with Crippen molar-refractivity contribution in [3.8, 4) is 0 Å². The predicted octanol–water partition coefficient (Wildman–Crippen LogP) is 0.833. The highest BCUT2D eigenvalue weighted by Crippen LogP contribution is 2.53. The Bertz CT molecular complexity index is 250. The smallest absolute Gasteiger partial charge is 0.0618 e. The quantitative estimate of drug-likeness (QED) is 0.729. The van der Waals surface area contributed by atoms with E-state index in [0.29, 0.717) is 6.61 Å². The van der Waals surface area contributed by atoms with Crippen LogP contribution in [-0.2, 0) is 0 Å². The minimum absolute atomic E-state index is 0.162. The zero-order valence-electron chi connectivity index (χ0n) is 10.1. The van der Waals surface area contributed by atoms with Gasteiger partial charge in [0, 0.05) is 25.2 Å². The van der Waals surface area contributed by atoms with E-state index >= 15 is 0 Å². The number of hydrogen-bond donors (Lipinski definition) is 2. The van der Waals surface area contributed by atoms with Crippen molar-refractivity contribution in [2.45, 2.75) is 37.6 Å². The van der Waals surface area contributed by atoms with Crippen molar-refractivity contribution in [2.75, 3.05) is 32.8 Å². The zero-order valence-corrected chi connectivity index (χ0v) is 10.1. The third kappa shape index (κ3) is 1.60. The fourth-order valence-corrected chi connectivity index (χ4v) is 4.39. The first-order chi connectivity index (χ1) is 7.85. The molecular formula is C13H24N2O. The van der Waals surface area contributed by atoms with Crippen LogP contribution in [0.15, 0.2) is 0 Å². The first-order valence-corrected chi connectivity index (χ1v) is 6.92. The molecule has 3 heteroatoms. The lowest BCUT2D eigenvalue weighted by atomic mass is 9.80. The maximum atomic E-state index is 9.92. The number of aliphatic hydroxyl groups is 1. The van der Waals surface area contributed by atoms with Crippen LogP contribution in [0.2, 0.25) is 0 Å². The SMILES string of the molecule is OCC1(N2CCCNCC2)CC2CCC1C2. The Kier molecular flexibility index (Phi) is 2.94. The molecule has 0 radical (unpaired) electrons. The van der Waals surface area contributed by atoms with Crippen molar-refractivity contribution in [3.63, 3.8) is 0 Å². The van der Waals surface area contributed by atoms with E-state index in [2.05, 4.69) is 10.2 Å². The van der Waals surface area contributed by atoms with Crippen LogP contribution in [0.1, 0.15) is 32.1 Å². The first-order valence-electron chi connectivity index (χ1n) is 6.92. The molecule has 92 valence electrons. The average Bonchev–Trinajstić information content (AvgIpc) is 2.80. The van der Waals surface area contributed by atoms with Crippen LogP contribution < -0.4 is 5.32 Å². The molecule has 0 aromatic heterocycles. The van der Waals surface area contributed by atoms with Gasteiger partial charge in [-0.15, -0.1) is 0 Å². The van der Waals surface area contributed by atoms with Crippen LogP contribution in [-0.4, -0.2) is 48.3 Å². The van der Waals surface area contributed by atoms with Crippen molar-refractivity contribution < 1.29 is 5.11 Å². The fourth-order valence-electron chi connectivity index (χ4n) is 4.39. The Hall–Kier alpha value is -0.120. The van der Waals surface area contributed by atoms with Gasteiger partial charge in [0.1, 0.15) is 0 Å². The number of hydrogen-bond acceptors (Lipinski definition) is 3. The Morgan fingerprint density at radius 3 is 2.88 bits per heavy atom. The molecule has 2 saturated carbocycles. The number of nitrogens with one attached hydrogen (secondary N) is 1. The van der Waals surface area contributed by atoms with Crippen LogP contribution in [0.25, 0.3) is 0 Å². The second-order valence-electron chi connectivity index (χ2n) is 5.93. The molecule has 1 heterocycles. The minimum Gasteiger partial charge on any atom is -0.394 e. The molecule has 1 aliphatic heterocycles. The zero-order chi connectivity index (χ0) is 11.0. The van der Waals surface area contributed by atoms with Crippen LogP contribution in [0, 0.1) is 11.8 Å². The molecular weight excluding hydrogens is 200 g/mol. The molecule has 0 amide bonds. The van der Waals surface area contributed by atoms with Gasteiger partial charge >= 0.3 is 0 Å². The van der Waals surface area contributed by atoms with E-state index in [1.54, 1.807) is 0 Å². The lowest BCUT2D eigenvalue weighted by molar-refractivity contribution is -0.00894. The summed E-state index contributed by atoms with van der Waals surface area (Å²) in [5.41, 5.74) is 0.162. The highest BCUT2D eigenvalue weighted by atomic mass is 16.3.